The van der Waals surface area contributed by atoms with E-state index in [9.17, 15) is 9.59 Å². The second kappa shape index (κ2) is 6.86. The first-order valence-electron chi connectivity index (χ1n) is 7.64. The third-order valence-electron chi connectivity index (χ3n) is 3.81. The van der Waals surface area contributed by atoms with Crippen LogP contribution in [0.4, 0.5) is 0 Å². The molecule has 0 saturated heterocycles. The van der Waals surface area contributed by atoms with E-state index < -0.39 is 5.97 Å². The number of carboxylic acid groups (broad SMARTS) is 1. The molecule has 0 fully saturated rings. The molecule has 0 aliphatic heterocycles. The monoisotopic (exact) mass is 352 g/mol. The van der Waals surface area contributed by atoms with Gasteiger partial charge in [0.05, 0.1) is 16.3 Å². The van der Waals surface area contributed by atoms with Crippen LogP contribution in [0, 0.1) is 13.8 Å². The van der Waals surface area contributed by atoms with E-state index in [0.29, 0.717) is 4.88 Å². The molecule has 1 aromatic carbocycles. The Morgan fingerprint density at radius 3 is 2.40 bits per heavy atom. The zero-order valence-corrected chi connectivity index (χ0v) is 14.6. The summed E-state index contributed by atoms with van der Waals surface area (Å²) in [5.74, 6) is -1.24. The van der Waals surface area contributed by atoms with Crippen molar-refractivity contribution in [2.24, 2.45) is 0 Å². The zero-order valence-electron chi connectivity index (χ0n) is 13.8. The minimum Gasteiger partial charge on any atom is -0.477 e. The number of aromatic carboxylic acids is 1. The highest BCUT2D eigenvalue weighted by Crippen LogP contribution is 2.21. The Labute approximate surface area is 148 Å². The Balaban J connectivity index is 1.87. The highest BCUT2D eigenvalue weighted by molar-refractivity contribution is 7.16. The van der Waals surface area contributed by atoms with Crippen molar-refractivity contribution < 1.29 is 14.7 Å². The number of thiophene rings is 1. The van der Waals surface area contributed by atoms with Crippen LogP contribution in [0.25, 0.3) is 11.8 Å². The average Bonchev–Trinajstić information content (AvgIpc) is 3.20. The van der Waals surface area contributed by atoms with Crippen LogP contribution in [0.1, 0.15) is 36.3 Å². The van der Waals surface area contributed by atoms with Crippen LogP contribution >= 0.6 is 11.3 Å². The predicted octanol–water partition coefficient (Wildman–Crippen LogP) is 4.14. The summed E-state index contributed by atoms with van der Waals surface area (Å²) in [5.41, 5.74) is 3.60. The average molecular weight is 352 g/mol. The van der Waals surface area contributed by atoms with E-state index in [1.165, 1.54) is 18.2 Å². The van der Waals surface area contributed by atoms with Crippen LogP contribution in [0.2, 0.25) is 0 Å². The molecule has 0 aliphatic rings. The fourth-order valence-corrected chi connectivity index (χ4v) is 3.31. The van der Waals surface area contributed by atoms with Crippen molar-refractivity contribution in [1.29, 1.82) is 0 Å². The number of benzene rings is 1. The lowest BCUT2D eigenvalue weighted by Gasteiger charge is -2.03. The third-order valence-corrected chi connectivity index (χ3v) is 4.90. The van der Waals surface area contributed by atoms with Crippen molar-refractivity contribution >= 4 is 29.2 Å². The summed E-state index contributed by atoms with van der Waals surface area (Å²) in [6.07, 6.45) is 3.20. The number of rotatable bonds is 5. The standard InChI is InChI=1S/C19H16N2O3S/c1-12-15(13(2)21(20-12)14-6-4-3-5-7-14)8-9-16(22)17-10-11-18(25-17)19(23)24/h3-11H,1-2H3,(H,23,24)/b9-8+. The molecule has 0 unspecified atom stereocenters. The number of hydrogen-bond acceptors (Lipinski definition) is 4. The van der Waals surface area contributed by atoms with Gasteiger partial charge in [-0.25, -0.2) is 9.48 Å². The highest BCUT2D eigenvalue weighted by Gasteiger charge is 2.13. The largest absolute Gasteiger partial charge is 0.477 e. The van der Waals surface area contributed by atoms with Crippen LogP contribution in [0.3, 0.4) is 0 Å². The number of aryl methyl sites for hydroxylation is 1. The molecular formula is C19H16N2O3S. The SMILES string of the molecule is Cc1nn(-c2ccccc2)c(C)c1/C=C/C(=O)c1ccc(C(=O)O)s1. The first-order valence-corrected chi connectivity index (χ1v) is 8.46. The first-order chi connectivity index (χ1) is 12.0. The van der Waals surface area contributed by atoms with Crippen molar-refractivity contribution in [3.05, 3.63) is 75.2 Å². The number of carbonyl (C=O) groups is 2. The Hall–Kier alpha value is -2.99. The molecule has 6 heteroatoms. The van der Waals surface area contributed by atoms with E-state index >= 15 is 0 Å². The number of nitrogens with zero attached hydrogens (tertiary/aromatic N) is 2. The van der Waals surface area contributed by atoms with Crippen LogP contribution in [0.5, 0.6) is 0 Å². The van der Waals surface area contributed by atoms with Gasteiger partial charge >= 0.3 is 5.97 Å². The summed E-state index contributed by atoms with van der Waals surface area (Å²) in [5, 5.41) is 13.5. The molecule has 0 amide bonds. The summed E-state index contributed by atoms with van der Waals surface area (Å²) >= 11 is 0.974. The molecule has 0 aliphatic carbocycles. The Morgan fingerprint density at radius 1 is 1.08 bits per heavy atom. The van der Waals surface area contributed by atoms with E-state index in [1.807, 2.05) is 48.9 Å². The molecule has 0 spiro atoms. The van der Waals surface area contributed by atoms with Crippen LogP contribution in [-0.4, -0.2) is 26.6 Å². The van der Waals surface area contributed by atoms with E-state index in [0.717, 1.165) is 34.0 Å². The van der Waals surface area contributed by atoms with Crippen LogP contribution < -0.4 is 0 Å². The maximum atomic E-state index is 12.3. The lowest BCUT2D eigenvalue weighted by atomic mass is 10.1. The van der Waals surface area contributed by atoms with Gasteiger partial charge in [-0.1, -0.05) is 18.2 Å². The minimum absolute atomic E-state index is 0.154. The number of para-hydroxylation sites is 1. The topological polar surface area (TPSA) is 72.2 Å². The fraction of sp³-hybridized carbons (Fsp3) is 0.105. The lowest BCUT2D eigenvalue weighted by Crippen LogP contribution is -1.98. The molecule has 0 saturated carbocycles. The second-order valence-corrected chi connectivity index (χ2v) is 6.58. The number of aromatic nitrogens is 2. The summed E-state index contributed by atoms with van der Waals surface area (Å²) in [7, 11) is 0. The van der Waals surface area contributed by atoms with Gasteiger partial charge < -0.3 is 5.11 Å². The van der Waals surface area contributed by atoms with Crippen molar-refractivity contribution in [2.45, 2.75) is 13.8 Å². The van der Waals surface area contributed by atoms with Gasteiger partial charge in [-0.05, 0) is 50.3 Å². The normalized spacial score (nSPS) is 11.1. The summed E-state index contributed by atoms with van der Waals surface area (Å²) < 4.78 is 1.84. The molecule has 5 nitrogen and oxygen atoms in total. The Kier molecular flexibility index (Phi) is 4.63. The lowest BCUT2D eigenvalue weighted by molar-refractivity contribution is 0.0702. The van der Waals surface area contributed by atoms with E-state index in [2.05, 4.69) is 5.10 Å². The van der Waals surface area contributed by atoms with E-state index in [4.69, 9.17) is 5.11 Å². The fourth-order valence-electron chi connectivity index (χ4n) is 2.54. The number of ketones is 1. The quantitative estimate of drug-likeness (QED) is 0.553. The molecule has 2 aromatic heterocycles. The molecule has 0 radical (unpaired) electrons. The van der Waals surface area contributed by atoms with Gasteiger partial charge in [0.1, 0.15) is 4.88 Å². The number of hydrogen-bond donors (Lipinski definition) is 1. The van der Waals surface area contributed by atoms with Gasteiger partial charge in [0.2, 0.25) is 0 Å². The zero-order chi connectivity index (χ0) is 18.0. The molecule has 0 atom stereocenters. The highest BCUT2D eigenvalue weighted by atomic mass is 32.1. The Morgan fingerprint density at radius 2 is 1.76 bits per heavy atom. The van der Waals surface area contributed by atoms with Gasteiger partial charge in [-0.3, -0.25) is 4.79 Å². The van der Waals surface area contributed by atoms with Crippen LogP contribution in [-0.2, 0) is 0 Å². The first kappa shape index (κ1) is 16.9. The molecule has 1 N–H and O–H groups in total. The smallest absolute Gasteiger partial charge is 0.345 e. The molecule has 126 valence electrons. The Bertz CT molecular complexity index is 968. The van der Waals surface area contributed by atoms with Crippen molar-refractivity contribution in [3.8, 4) is 5.69 Å². The van der Waals surface area contributed by atoms with Crippen molar-refractivity contribution in [2.75, 3.05) is 0 Å². The molecule has 3 rings (SSSR count). The number of allylic oxidation sites excluding steroid dienone is 1. The summed E-state index contributed by atoms with van der Waals surface area (Å²) in [6, 6.07) is 12.8. The number of carboxylic acids is 1. The molecule has 3 aromatic rings. The maximum Gasteiger partial charge on any atom is 0.345 e. The van der Waals surface area contributed by atoms with Gasteiger partial charge in [0.25, 0.3) is 0 Å². The third kappa shape index (κ3) is 3.44. The van der Waals surface area contributed by atoms with Crippen molar-refractivity contribution in [1.82, 2.24) is 9.78 Å². The van der Waals surface area contributed by atoms with Gasteiger partial charge in [-0.2, -0.15) is 5.10 Å². The van der Waals surface area contributed by atoms with Crippen molar-refractivity contribution in [3.63, 3.8) is 0 Å². The molecule has 2 heterocycles. The predicted molar refractivity (Wildman–Crippen MR) is 97.7 cm³/mol. The van der Waals surface area contributed by atoms with E-state index in [1.54, 1.807) is 6.08 Å². The molecular weight excluding hydrogens is 336 g/mol. The molecule has 25 heavy (non-hydrogen) atoms. The second-order valence-electron chi connectivity index (χ2n) is 5.50. The summed E-state index contributed by atoms with van der Waals surface area (Å²) in [6.45, 7) is 3.84. The maximum absolute atomic E-state index is 12.3. The van der Waals surface area contributed by atoms with Gasteiger partial charge in [0.15, 0.2) is 5.78 Å². The van der Waals surface area contributed by atoms with Crippen LogP contribution in [0.15, 0.2) is 48.5 Å². The summed E-state index contributed by atoms with van der Waals surface area (Å²) in [4.78, 5) is 23.7. The number of carbonyl (C=O) groups excluding carboxylic acids is 1. The minimum atomic E-state index is -1.02. The van der Waals surface area contributed by atoms with E-state index in [-0.39, 0.29) is 10.7 Å². The molecule has 0 bridgehead atoms. The van der Waals surface area contributed by atoms with Gasteiger partial charge in [-0.15, -0.1) is 11.3 Å². The van der Waals surface area contributed by atoms with Gasteiger partial charge in [0, 0.05) is 11.3 Å².